The summed E-state index contributed by atoms with van der Waals surface area (Å²) in [5.41, 5.74) is 1.91. The van der Waals surface area contributed by atoms with Gasteiger partial charge in [-0.15, -0.1) is 0 Å². The second kappa shape index (κ2) is 7.91. The van der Waals surface area contributed by atoms with Gasteiger partial charge in [-0.05, 0) is 32.1 Å². The van der Waals surface area contributed by atoms with Crippen molar-refractivity contribution in [3.63, 3.8) is 0 Å². The highest BCUT2D eigenvalue weighted by molar-refractivity contribution is 5.88. The SMILES string of the molecule is CN(C)CCc1c[nH]c2c(OC3OC(CO)C(O)C(O)C3O)cccc12. The first-order chi connectivity index (χ1) is 12.4. The largest absolute Gasteiger partial charge is 0.460 e. The lowest BCUT2D eigenvalue weighted by Crippen LogP contribution is -2.60. The molecule has 0 spiro atoms. The second-order valence-electron chi connectivity index (χ2n) is 6.86. The van der Waals surface area contributed by atoms with Crippen LogP contribution in [0, 0.1) is 0 Å². The van der Waals surface area contributed by atoms with Crippen LogP contribution in [0.1, 0.15) is 5.56 Å². The van der Waals surface area contributed by atoms with Crippen molar-refractivity contribution in [1.82, 2.24) is 9.88 Å². The highest BCUT2D eigenvalue weighted by atomic mass is 16.7. The Morgan fingerprint density at radius 1 is 1.15 bits per heavy atom. The molecule has 144 valence electrons. The molecule has 0 radical (unpaired) electrons. The van der Waals surface area contributed by atoms with Crippen molar-refractivity contribution < 1.29 is 29.9 Å². The van der Waals surface area contributed by atoms with E-state index in [2.05, 4.69) is 9.88 Å². The number of para-hydroxylation sites is 1. The molecule has 2 heterocycles. The standard InChI is InChI=1S/C18H26N2O6/c1-20(2)7-6-10-8-19-14-11(10)4-3-5-12(14)25-18-17(24)16(23)15(22)13(9-21)26-18/h3-5,8,13,15-19,21-24H,6-7,9H2,1-2H3. The lowest BCUT2D eigenvalue weighted by Gasteiger charge is -2.39. The van der Waals surface area contributed by atoms with Crippen LogP contribution in [-0.2, 0) is 11.2 Å². The van der Waals surface area contributed by atoms with Crippen LogP contribution in [0.2, 0.25) is 0 Å². The van der Waals surface area contributed by atoms with E-state index in [1.165, 1.54) is 0 Å². The summed E-state index contributed by atoms with van der Waals surface area (Å²) < 4.78 is 11.2. The molecule has 0 bridgehead atoms. The summed E-state index contributed by atoms with van der Waals surface area (Å²) in [7, 11) is 4.03. The predicted molar refractivity (Wildman–Crippen MR) is 95.0 cm³/mol. The molecule has 0 saturated carbocycles. The number of aliphatic hydroxyl groups excluding tert-OH is 4. The Labute approximate surface area is 151 Å². The van der Waals surface area contributed by atoms with E-state index in [4.69, 9.17) is 9.47 Å². The lowest BCUT2D eigenvalue weighted by atomic mass is 9.99. The monoisotopic (exact) mass is 366 g/mol. The summed E-state index contributed by atoms with van der Waals surface area (Å²) in [5.74, 6) is 0.461. The van der Waals surface area contributed by atoms with Gasteiger partial charge in [0.1, 0.15) is 30.2 Å². The Bertz CT molecular complexity index is 732. The molecule has 3 rings (SSSR count). The molecular formula is C18H26N2O6. The first-order valence-electron chi connectivity index (χ1n) is 8.63. The van der Waals surface area contributed by atoms with Gasteiger partial charge in [-0.25, -0.2) is 0 Å². The summed E-state index contributed by atoms with van der Waals surface area (Å²) in [6.07, 6.45) is -3.73. The molecule has 1 fully saturated rings. The first-order valence-corrected chi connectivity index (χ1v) is 8.63. The van der Waals surface area contributed by atoms with E-state index in [1.807, 2.05) is 32.4 Å². The van der Waals surface area contributed by atoms with E-state index >= 15 is 0 Å². The maximum atomic E-state index is 10.1. The topological polar surface area (TPSA) is 118 Å². The van der Waals surface area contributed by atoms with Crippen LogP contribution in [-0.4, -0.2) is 88.3 Å². The number of benzene rings is 1. The van der Waals surface area contributed by atoms with Crippen molar-refractivity contribution in [2.24, 2.45) is 0 Å². The normalized spacial score (nSPS) is 29.4. The number of hydrogen-bond donors (Lipinski definition) is 5. The third-order valence-corrected chi connectivity index (χ3v) is 4.68. The van der Waals surface area contributed by atoms with Gasteiger partial charge in [0, 0.05) is 18.1 Å². The number of aliphatic hydroxyl groups is 4. The van der Waals surface area contributed by atoms with Gasteiger partial charge in [0.15, 0.2) is 0 Å². The van der Waals surface area contributed by atoms with Crippen molar-refractivity contribution in [3.8, 4) is 5.75 Å². The third-order valence-electron chi connectivity index (χ3n) is 4.68. The molecule has 26 heavy (non-hydrogen) atoms. The molecule has 5 unspecified atom stereocenters. The smallest absolute Gasteiger partial charge is 0.229 e. The van der Waals surface area contributed by atoms with Crippen LogP contribution in [0.3, 0.4) is 0 Å². The average molecular weight is 366 g/mol. The minimum Gasteiger partial charge on any atom is -0.460 e. The molecule has 8 heteroatoms. The molecule has 1 aromatic carbocycles. The molecular weight excluding hydrogens is 340 g/mol. The molecule has 0 aliphatic carbocycles. The van der Waals surface area contributed by atoms with Crippen molar-refractivity contribution in [2.45, 2.75) is 37.1 Å². The maximum absolute atomic E-state index is 10.1. The highest BCUT2D eigenvalue weighted by Gasteiger charge is 2.44. The molecule has 1 aliphatic rings. The van der Waals surface area contributed by atoms with Crippen molar-refractivity contribution in [1.29, 1.82) is 0 Å². The number of ether oxygens (including phenoxy) is 2. The van der Waals surface area contributed by atoms with Gasteiger partial charge in [-0.1, -0.05) is 12.1 Å². The van der Waals surface area contributed by atoms with Crippen molar-refractivity contribution in [2.75, 3.05) is 27.2 Å². The number of nitrogens with zero attached hydrogens (tertiary/aromatic N) is 1. The molecule has 5 atom stereocenters. The first kappa shape index (κ1) is 19.1. The fourth-order valence-corrected chi connectivity index (χ4v) is 3.12. The number of fused-ring (bicyclic) bond motifs is 1. The van der Waals surface area contributed by atoms with E-state index in [-0.39, 0.29) is 0 Å². The Kier molecular flexibility index (Phi) is 5.81. The summed E-state index contributed by atoms with van der Waals surface area (Å²) in [5, 5.41) is 40.2. The molecule has 1 aromatic heterocycles. The van der Waals surface area contributed by atoms with E-state index < -0.39 is 37.3 Å². The van der Waals surface area contributed by atoms with Gasteiger partial charge >= 0.3 is 0 Å². The highest BCUT2D eigenvalue weighted by Crippen LogP contribution is 2.31. The molecule has 1 saturated heterocycles. The number of aromatic nitrogens is 1. The zero-order chi connectivity index (χ0) is 18.8. The van der Waals surface area contributed by atoms with Crippen LogP contribution in [0.5, 0.6) is 5.75 Å². The minimum absolute atomic E-state index is 0.461. The molecule has 1 aliphatic heterocycles. The number of hydrogen-bond acceptors (Lipinski definition) is 7. The van der Waals surface area contributed by atoms with E-state index in [0.29, 0.717) is 5.75 Å². The van der Waals surface area contributed by atoms with Crippen LogP contribution < -0.4 is 4.74 Å². The van der Waals surface area contributed by atoms with Crippen molar-refractivity contribution in [3.05, 3.63) is 30.0 Å². The summed E-state index contributed by atoms with van der Waals surface area (Å²) in [4.78, 5) is 5.29. The summed E-state index contributed by atoms with van der Waals surface area (Å²) in [6.45, 7) is 0.414. The number of rotatable bonds is 6. The number of aromatic amines is 1. The molecule has 8 nitrogen and oxygen atoms in total. The zero-order valence-electron chi connectivity index (χ0n) is 14.9. The Morgan fingerprint density at radius 3 is 2.62 bits per heavy atom. The number of nitrogens with one attached hydrogen (secondary N) is 1. The Balaban J connectivity index is 1.82. The van der Waals surface area contributed by atoms with Crippen LogP contribution in [0.4, 0.5) is 0 Å². The van der Waals surface area contributed by atoms with Gasteiger partial charge in [0.25, 0.3) is 0 Å². The van der Waals surface area contributed by atoms with E-state index in [0.717, 1.165) is 29.4 Å². The van der Waals surface area contributed by atoms with Gasteiger partial charge < -0.3 is 39.8 Å². The number of likely N-dealkylation sites (N-methyl/N-ethyl adjacent to an activating group) is 1. The predicted octanol–water partition coefficient (Wildman–Crippen LogP) is -0.549. The van der Waals surface area contributed by atoms with E-state index in [9.17, 15) is 20.4 Å². The fraction of sp³-hybridized carbons (Fsp3) is 0.556. The van der Waals surface area contributed by atoms with Crippen LogP contribution >= 0.6 is 0 Å². The third kappa shape index (κ3) is 3.71. The molecule has 0 amide bonds. The van der Waals surface area contributed by atoms with Gasteiger partial charge in [-0.2, -0.15) is 0 Å². The fourth-order valence-electron chi connectivity index (χ4n) is 3.12. The minimum atomic E-state index is -1.47. The second-order valence-corrected chi connectivity index (χ2v) is 6.86. The molecule has 2 aromatic rings. The quantitative estimate of drug-likeness (QED) is 0.465. The van der Waals surface area contributed by atoms with E-state index in [1.54, 1.807) is 6.07 Å². The lowest BCUT2D eigenvalue weighted by molar-refractivity contribution is -0.277. The zero-order valence-corrected chi connectivity index (χ0v) is 14.9. The van der Waals surface area contributed by atoms with Crippen LogP contribution in [0.25, 0.3) is 10.9 Å². The van der Waals surface area contributed by atoms with Gasteiger partial charge in [0.05, 0.1) is 12.1 Å². The molecule has 5 N–H and O–H groups in total. The Morgan fingerprint density at radius 2 is 1.92 bits per heavy atom. The van der Waals surface area contributed by atoms with Gasteiger partial charge in [0.2, 0.25) is 6.29 Å². The summed E-state index contributed by atoms with van der Waals surface area (Å²) >= 11 is 0. The van der Waals surface area contributed by atoms with Gasteiger partial charge in [-0.3, -0.25) is 0 Å². The van der Waals surface area contributed by atoms with Crippen LogP contribution in [0.15, 0.2) is 24.4 Å². The van der Waals surface area contributed by atoms with Crippen molar-refractivity contribution >= 4 is 10.9 Å². The Hall–Kier alpha value is -1.68. The number of H-pyrrole nitrogens is 1. The summed E-state index contributed by atoms with van der Waals surface area (Å²) in [6, 6.07) is 5.56. The maximum Gasteiger partial charge on any atom is 0.229 e. The average Bonchev–Trinajstić information content (AvgIpc) is 3.04.